The number of hydrogen-bond acceptors (Lipinski definition) is 11. The number of nitrogens with zero attached hydrogens (tertiary/aromatic N) is 6. The Bertz CT molecular complexity index is 1350. The van der Waals surface area contributed by atoms with Gasteiger partial charge in [0.15, 0.2) is 5.60 Å². The number of aromatic nitrogens is 5. The third-order valence-corrected chi connectivity index (χ3v) is 9.67. The number of carbonyl (C=O) groups excluding carboxylic acids is 3. The van der Waals surface area contributed by atoms with Gasteiger partial charge in [-0.1, -0.05) is 19.1 Å². The molecule has 0 spiro atoms. The number of rotatable bonds is 8. The average molecular weight is 638 g/mol. The minimum absolute atomic E-state index is 0.0210. The van der Waals surface area contributed by atoms with Crippen molar-refractivity contribution < 1.29 is 28.6 Å². The lowest BCUT2D eigenvalue weighted by atomic mass is 9.67. The van der Waals surface area contributed by atoms with E-state index in [4.69, 9.17) is 22.1 Å². The van der Waals surface area contributed by atoms with E-state index in [-0.39, 0.29) is 24.2 Å². The van der Waals surface area contributed by atoms with E-state index in [1.165, 1.54) is 6.92 Å². The van der Waals surface area contributed by atoms with Crippen LogP contribution < -0.4 is 5.32 Å². The molecule has 2 aliphatic heterocycles. The number of nitrogens with one attached hydrogen (secondary N) is 1. The monoisotopic (exact) mass is 637 g/mol. The highest BCUT2D eigenvalue weighted by molar-refractivity contribution is 6.15. The second-order valence-corrected chi connectivity index (χ2v) is 13.2. The van der Waals surface area contributed by atoms with Gasteiger partial charge in [-0.15, -0.1) is 10.2 Å². The summed E-state index contributed by atoms with van der Waals surface area (Å²) >= 11 is 0. The van der Waals surface area contributed by atoms with E-state index in [0.717, 1.165) is 6.42 Å². The lowest BCUT2D eigenvalue weighted by molar-refractivity contribution is -0.169. The molecule has 0 aliphatic carbocycles. The zero-order valence-electron chi connectivity index (χ0n) is 28.1. The van der Waals surface area contributed by atoms with Gasteiger partial charge in [0.05, 0.1) is 25.7 Å². The standard InChI is InChI=1S/C32H48BN7O6/c1-8-27-32(6)28(22(4)34-18-20(2)17-31(5,44-7)26(33)16-25(41)21(3)29(42)45-27)40(30(43)46-32)15-10-9-14-39-19-24(37-38-39)23-12-11-13-35-36-23/h11-13,19-22,26-28,34H,8-10,14-18H2,1-7H3/t20-,21-,22-,26-,27-,28-,31+,32-/m1/s1. The third-order valence-electron chi connectivity index (χ3n) is 9.67. The summed E-state index contributed by atoms with van der Waals surface area (Å²) in [5.74, 6) is -2.47. The lowest BCUT2D eigenvalue weighted by Gasteiger charge is -2.41. The number of unbranched alkanes of at least 4 members (excludes halogenated alkanes) is 1. The van der Waals surface area contributed by atoms with Crippen LogP contribution in [-0.2, 0) is 30.3 Å². The molecule has 250 valence electrons. The van der Waals surface area contributed by atoms with Gasteiger partial charge in [-0.05, 0) is 83.8 Å². The van der Waals surface area contributed by atoms with Crippen molar-refractivity contribution >= 4 is 25.7 Å². The van der Waals surface area contributed by atoms with E-state index in [1.807, 2.05) is 40.0 Å². The number of Topliss-reactive ketones (excluding diaryl/α,β-unsaturated/α-hetero) is 1. The molecule has 1 amide bonds. The number of cyclic esters (lactones) is 1. The Morgan fingerprint density at radius 1 is 1.11 bits per heavy atom. The maximum Gasteiger partial charge on any atom is 0.410 e. The number of esters is 1. The van der Waals surface area contributed by atoms with Crippen molar-refractivity contribution in [3.8, 4) is 11.4 Å². The number of fused-ring (bicyclic) bond motifs is 1. The van der Waals surface area contributed by atoms with Crippen LogP contribution in [0, 0.1) is 11.8 Å². The first-order chi connectivity index (χ1) is 21.8. The lowest BCUT2D eigenvalue weighted by Crippen LogP contribution is -2.60. The molecule has 14 heteroatoms. The first kappa shape index (κ1) is 35.5. The summed E-state index contributed by atoms with van der Waals surface area (Å²) in [5.41, 5.74) is -0.648. The summed E-state index contributed by atoms with van der Waals surface area (Å²) in [6.45, 7) is 12.9. The van der Waals surface area contributed by atoms with Crippen LogP contribution in [0.2, 0.25) is 5.82 Å². The minimum Gasteiger partial charge on any atom is -0.458 e. The Kier molecular flexibility index (Phi) is 11.6. The highest BCUT2D eigenvalue weighted by Gasteiger charge is 2.58. The molecule has 0 bridgehead atoms. The molecule has 2 aliphatic rings. The van der Waals surface area contributed by atoms with Crippen molar-refractivity contribution in [2.45, 2.75) is 115 Å². The first-order valence-corrected chi connectivity index (χ1v) is 16.3. The largest absolute Gasteiger partial charge is 0.458 e. The molecule has 4 heterocycles. The molecule has 8 atom stereocenters. The Hall–Kier alpha value is -3.39. The molecule has 4 rings (SSSR count). The predicted octanol–water partition coefficient (Wildman–Crippen LogP) is 3.39. The fourth-order valence-corrected chi connectivity index (χ4v) is 6.74. The SMILES string of the molecule is [B][C@@H]1CC(=O)[C@@H](C)C(=O)O[C@H](CC)[C@@]2(C)OC(=O)N(CCCCn3cc(-c4cccnn4)nn3)[C@@H]2[C@@H](C)NC[C@H](C)C[C@]1(C)OC. The summed E-state index contributed by atoms with van der Waals surface area (Å²) < 4.78 is 19.7. The number of amides is 1. The minimum atomic E-state index is -1.16. The molecule has 2 aromatic heterocycles. The molecule has 0 saturated carbocycles. The van der Waals surface area contributed by atoms with Crippen molar-refractivity contribution in [3.05, 3.63) is 24.5 Å². The van der Waals surface area contributed by atoms with E-state index in [9.17, 15) is 14.4 Å². The van der Waals surface area contributed by atoms with Gasteiger partial charge < -0.3 is 19.5 Å². The second-order valence-electron chi connectivity index (χ2n) is 13.2. The van der Waals surface area contributed by atoms with Crippen molar-refractivity contribution in [1.29, 1.82) is 0 Å². The molecule has 2 aromatic rings. The Balaban J connectivity index is 1.53. The van der Waals surface area contributed by atoms with Gasteiger partial charge in [0.25, 0.3) is 0 Å². The van der Waals surface area contributed by atoms with Gasteiger partial charge in [0.1, 0.15) is 29.2 Å². The fourth-order valence-electron chi connectivity index (χ4n) is 6.74. The maximum absolute atomic E-state index is 13.5. The topological polar surface area (TPSA) is 151 Å². The number of methoxy groups -OCH3 is 1. The Labute approximate surface area is 272 Å². The van der Waals surface area contributed by atoms with Crippen molar-refractivity contribution in [2.75, 3.05) is 20.2 Å². The maximum atomic E-state index is 13.5. The summed E-state index contributed by atoms with van der Waals surface area (Å²) in [7, 11) is 8.09. The molecule has 46 heavy (non-hydrogen) atoms. The van der Waals surface area contributed by atoms with Gasteiger partial charge in [-0.25, -0.2) is 4.79 Å². The highest BCUT2D eigenvalue weighted by Crippen LogP contribution is 2.39. The van der Waals surface area contributed by atoms with E-state index in [0.29, 0.717) is 50.3 Å². The van der Waals surface area contributed by atoms with E-state index >= 15 is 0 Å². The number of carbonyl (C=O) groups is 3. The first-order valence-electron chi connectivity index (χ1n) is 16.3. The molecule has 0 aromatic carbocycles. The Morgan fingerprint density at radius 2 is 1.85 bits per heavy atom. The highest BCUT2D eigenvalue weighted by atomic mass is 16.6. The van der Waals surface area contributed by atoms with Crippen LogP contribution in [-0.4, -0.2) is 105 Å². The van der Waals surface area contributed by atoms with Gasteiger partial charge in [0.2, 0.25) is 0 Å². The number of ether oxygens (including phenoxy) is 3. The van der Waals surface area contributed by atoms with Crippen LogP contribution in [0.4, 0.5) is 4.79 Å². The van der Waals surface area contributed by atoms with Crippen molar-refractivity contribution in [2.24, 2.45) is 11.8 Å². The normalized spacial score (nSPS) is 33.1. The average Bonchev–Trinajstić information content (AvgIpc) is 3.61. The van der Waals surface area contributed by atoms with Crippen LogP contribution >= 0.6 is 0 Å². The molecule has 0 unspecified atom stereocenters. The van der Waals surface area contributed by atoms with Crippen LogP contribution in [0.5, 0.6) is 0 Å². The number of hydrogen-bond donors (Lipinski definition) is 1. The molecular formula is C32H48BN7O6. The number of aryl methyl sites for hydroxylation is 1. The molecule has 2 radical (unpaired) electrons. The van der Waals surface area contributed by atoms with Crippen LogP contribution in [0.1, 0.15) is 73.6 Å². The quantitative estimate of drug-likeness (QED) is 0.196. The third kappa shape index (κ3) is 7.76. The van der Waals surface area contributed by atoms with E-state index in [1.54, 1.807) is 29.0 Å². The van der Waals surface area contributed by atoms with Crippen molar-refractivity contribution in [3.63, 3.8) is 0 Å². The second kappa shape index (κ2) is 15.0. The van der Waals surface area contributed by atoms with Gasteiger partial charge >= 0.3 is 12.1 Å². The van der Waals surface area contributed by atoms with E-state index in [2.05, 4.69) is 32.7 Å². The van der Waals surface area contributed by atoms with Gasteiger partial charge in [0, 0.05) is 38.9 Å². The summed E-state index contributed by atoms with van der Waals surface area (Å²) in [6, 6.07) is 2.95. The van der Waals surface area contributed by atoms with Gasteiger partial charge in [-0.3, -0.25) is 19.2 Å². The Morgan fingerprint density at radius 3 is 2.52 bits per heavy atom. The summed E-state index contributed by atoms with van der Waals surface area (Å²) in [4.78, 5) is 41.8. The fraction of sp³-hybridized carbons (Fsp3) is 0.719. The zero-order chi connectivity index (χ0) is 33.6. The molecule has 13 nitrogen and oxygen atoms in total. The zero-order valence-corrected chi connectivity index (χ0v) is 28.1. The van der Waals surface area contributed by atoms with Crippen LogP contribution in [0.3, 0.4) is 0 Å². The van der Waals surface area contributed by atoms with Gasteiger partial charge in [-0.2, -0.15) is 5.10 Å². The molecule has 1 N–H and O–H groups in total. The van der Waals surface area contributed by atoms with Crippen LogP contribution in [0.25, 0.3) is 11.4 Å². The number of ketones is 1. The van der Waals surface area contributed by atoms with Crippen molar-refractivity contribution in [1.82, 2.24) is 35.4 Å². The summed E-state index contributed by atoms with van der Waals surface area (Å²) in [6.07, 6.45) is 4.58. The van der Waals surface area contributed by atoms with Crippen LogP contribution in [0.15, 0.2) is 24.5 Å². The smallest absolute Gasteiger partial charge is 0.410 e. The summed E-state index contributed by atoms with van der Waals surface area (Å²) in [5, 5.41) is 20.0. The molecular weight excluding hydrogens is 589 g/mol. The molecule has 2 fully saturated rings. The van der Waals surface area contributed by atoms with E-state index < -0.39 is 47.1 Å². The molecule has 2 saturated heterocycles. The predicted molar refractivity (Wildman–Crippen MR) is 171 cm³/mol.